The number of piperidine rings is 1. The first kappa shape index (κ1) is 19.6. The second-order valence-corrected chi connectivity index (χ2v) is 7.59. The van der Waals surface area contributed by atoms with Gasteiger partial charge in [-0.25, -0.2) is 0 Å². The molecule has 2 aromatic heterocycles. The molecule has 4 heterocycles. The Morgan fingerprint density at radius 2 is 1.79 bits per heavy atom. The van der Waals surface area contributed by atoms with Crippen molar-refractivity contribution in [3.8, 4) is 0 Å². The first-order valence-corrected chi connectivity index (χ1v) is 10.3. The van der Waals surface area contributed by atoms with Gasteiger partial charge in [0.25, 0.3) is 5.91 Å². The molecule has 2 aromatic rings. The van der Waals surface area contributed by atoms with Gasteiger partial charge in [-0.3, -0.25) is 14.5 Å². The van der Waals surface area contributed by atoms with Gasteiger partial charge in [-0.05, 0) is 31.4 Å². The van der Waals surface area contributed by atoms with E-state index < -0.39 is 0 Å². The Morgan fingerprint density at radius 1 is 1.00 bits per heavy atom. The van der Waals surface area contributed by atoms with Crippen LogP contribution in [0, 0.1) is 0 Å². The Morgan fingerprint density at radius 3 is 2.52 bits per heavy atom. The van der Waals surface area contributed by atoms with E-state index in [1.807, 2.05) is 4.90 Å². The van der Waals surface area contributed by atoms with Gasteiger partial charge in [0.1, 0.15) is 0 Å². The average molecular weight is 401 g/mol. The number of rotatable bonds is 6. The van der Waals surface area contributed by atoms with Gasteiger partial charge in [0.05, 0.1) is 12.8 Å². The maximum Gasteiger partial charge on any atom is 0.289 e. The third-order valence-corrected chi connectivity index (χ3v) is 5.53. The van der Waals surface area contributed by atoms with Crippen LogP contribution < -0.4 is 0 Å². The highest BCUT2D eigenvalue weighted by atomic mass is 16.5. The van der Waals surface area contributed by atoms with E-state index >= 15 is 0 Å². The predicted molar refractivity (Wildman–Crippen MR) is 103 cm³/mol. The number of carbonyl (C=O) groups is 2. The van der Waals surface area contributed by atoms with Crippen LogP contribution in [0.2, 0.25) is 0 Å². The standard InChI is InChI=1S/C20H27N5O4/c26-19(24-8-2-1-3-9-24)7-6-18-21-17(22-29-18)15-23-10-12-25(13-11-23)20(27)16-5-4-14-28-16/h4-5,14H,1-3,6-13,15H2. The van der Waals surface area contributed by atoms with Gasteiger partial charge in [0, 0.05) is 52.1 Å². The Labute approximate surface area is 169 Å². The van der Waals surface area contributed by atoms with Gasteiger partial charge >= 0.3 is 0 Å². The lowest BCUT2D eigenvalue weighted by Crippen LogP contribution is -2.48. The predicted octanol–water partition coefficient (Wildman–Crippen LogP) is 1.57. The fourth-order valence-electron chi connectivity index (χ4n) is 3.84. The monoisotopic (exact) mass is 401 g/mol. The molecule has 0 bridgehead atoms. The Bertz CT molecular complexity index is 805. The van der Waals surface area contributed by atoms with Crippen molar-refractivity contribution in [1.29, 1.82) is 0 Å². The van der Waals surface area contributed by atoms with Gasteiger partial charge in [-0.1, -0.05) is 5.16 Å². The summed E-state index contributed by atoms with van der Waals surface area (Å²) >= 11 is 0. The van der Waals surface area contributed by atoms with Crippen molar-refractivity contribution in [2.24, 2.45) is 0 Å². The van der Waals surface area contributed by atoms with Crippen molar-refractivity contribution >= 4 is 11.8 Å². The second-order valence-electron chi connectivity index (χ2n) is 7.59. The van der Waals surface area contributed by atoms with E-state index in [1.54, 1.807) is 17.0 Å². The zero-order valence-corrected chi connectivity index (χ0v) is 16.6. The number of aryl methyl sites for hydroxylation is 1. The molecule has 29 heavy (non-hydrogen) atoms. The van der Waals surface area contributed by atoms with Crippen LogP contribution in [0.5, 0.6) is 0 Å². The van der Waals surface area contributed by atoms with Crippen LogP contribution in [0.25, 0.3) is 0 Å². The van der Waals surface area contributed by atoms with Crippen molar-refractivity contribution in [2.45, 2.75) is 38.6 Å². The molecule has 9 nitrogen and oxygen atoms in total. The van der Waals surface area contributed by atoms with Crippen molar-refractivity contribution in [3.63, 3.8) is 0 Å². The number of hydrogen-bond acceptors (Lipinski definition) is 7. The molecule has 0 saturated carbocycles. The molecular formula is C20H27N5O4. The van der Waals surface area contributed by atoms with E-state index in [0.717, 1.165) is 39.0 Å². The number of piperazine rings is 1. The first-order valence-electron chi connectivity index (χ1n) is 10.3. The van der Waals surface area contributed by atoms with Crippen LogP contribution in [0.3, 0.4) is 0 Å². The van der Waals surface area contributed by atoms with Gasteiger partial charge in [-0.2, -0.15) is 4.98 Å². The largest absolute Gasteiger partial charge is 0.459 e. The molecular weight excluding hydrogens is 374 g/mol. The molecule has 2 saturated heterocycles. The molecule has 2 aliphatic rings. The van der Waals surface area contributed by atoms with Gasteiger partial charge in [0.2, 0.25) is 11.8 Å². The molecule has 4 rings (SSSR count). The summed E-state index contributed by atoms with van der Waals surface area (Å²) in [5.74, 6) is 1.60. The van der Waals surface area contributed by atoms with Gasteiger partial charge in [-0.15, -0.1) is 0 Å². The lowest BCUT2D eigenvalue weighted by atomic mass is 10.1. The molecule has 0 spiro atoms. The number of hydrogen-bond donors (Lipinski definition) is 0. The molecule has 0 aromatic carbocycles. The topological polar surface area (TPSA) is 95.9 Å². The summed E-state index contributed by atoms with van der Waals surface area (Å²) in [6, 6.07) is 3.41. The van der Waals surface area contributed by atoms with Crippen molar-refractivity contribution in [2.75, 3.05) is 39.3 Å². The highest BCUT2D eigenvalue weighted by Gasteiger charge is 2.24. The zero-order chi connectivity index (χ0) is 20.1. The first-order chi connectivity index (χ1) is 14.2. The van der Waals surface area contributed by atoms with Crippen LogP contribution in [0.15, 0.2) is 27.3 Å². The SMILES string of the molecule is O=C(CCc1nc(CN2CCN(C(=O)c3ccco3)CC2)no1)N1CCCCC1. The van der Waals surface area contributed by atoms with E-state index in [9.17, 15) is 9.59 Å². The van der Waals surface area contributed by atoms with Crippen molar-refractivity contribution < 1.29 is 18.5 Å². The molecule has 0 radical (unpaired) electrons. The van der Waals surface area contributed by atoms with Crippen molar-refractivity contribution in [3.05, 3.63) is 35.9 Å². The third-order valence-electron chi connectivity index (χ3n) is 5.53. The lowest BCUT2D eigenvalue weighted by Gasteiger charge is -2.33. The number of carbonyl (C=O) groups excluding carboxylic acids is 2. The third kappa shape index (κ3) is 5.03. The molecule has 2 fully saturated rings. The van der Waals surface area contributed by atoms with E-state index in [1.165, 1.54) is 12.7 Å². The summed E-state index contributed by atoms with van der Waals surface area (Å²) in [7, 11) is 0. The van der Waals surface area contributed by atoms with E-state index in [0.29, 0.717) is 50.0 Å². The Kier molecular flexibility index (Phi) is 6.24. The number of aromatic nitrogens is 2. The minimum Gasteiger partial charge on any atom is -0.459 e. The number of nitrogens with zero attached hydrogens (tertiary/aromatic N) is 5. The average Bonchev–Trinajstić information content (AvgIpc) is 3.45. The molecule has 9 heteroatoms. The number of amides is 2. The fourth-order valence-corrected chi connectivity index (χ4v) is 3.84. The minimum absolute atomic E-state index is 0.0742. The van der Waals surface area contributed by atoms with Crippen LogP contribution in [0.4, 0.5) is 0 Å². The molecule has 0 aliphatic carbocycles. The molecule has 0 N–H and O–H groups in total. The number of furan rings is 1. The highest BCUT2D eigenvalue weighted by molar-refractivity contribution is 5.91. The summed E-state index contributed by atoms with van der Waals surface area (Å²) in [5.41, 5.74) is 0. The summed E-state index contributed by atoms with van der Waals surface area (Å²) in [5, 5.41) is 4.05. The molecule has 2 aliphatic heterocycles. The van der Waals surface area contributed by atoms with E-state index in [2.05, 4.69) is 15.0 Å². The summed E-state index contributed by atoms with van der Waals surface area (Å²) in [6.07, 6.45) is 5.80. The summed E-state index contributed by atoms with van der Waals surface area (Å²) < 4.78 is 10.5. The van der Waals surface area contributed by atoms with Crippen LogP contribution in [0.1, 0.15) is 48.0 Å². The van der Waals surface area contributed by atoms with E-state index in [4.69, 9.17) is 8.94 Å². The maximum atomic E-state index is 12.3. The fraction of sp³-hybridized carbons (Fsp3) is 0.600. The van der Waals surface area contributed by atoms with Crippen molar-refractivity contribution in [1.82, 2.24) is 24.8 Å². The van der Waals surface area contributed by atoms with Gasteiger partial charge < -0.3 is 18.7 Å². The van der Waals surface area contributed by atoms with Crippen LogP contribution >= 0.6 is 0 Å². The molecule has 156 valence electrons. The van der Waals surface area contributed by atoms with Crippen LogP contribution in [-0.4, -0.2) is 75.9 Å². The Balaban J connectivity index is 1.20. The minimum atomic E-state index is -0.0742. The normalized spacial score (nSPS) is 18.2. The Hall–Kier alpha value is -2.68. The zero-order valence-electron chi connectivity index (χ0n) is 16.6. The molecule has 2 amide bonds. The second kappa shape index (κ2) is 9.21. The smallest absolute Gasteiger partial charge is 0.289 e. The summed E-state index contributed by atoms with van der Waals surface area (Å²) in [4.78, 5) is 34.9. The quantitative estimate of drug-likeness (QED) is 0.725. The maximum absolute atomic E-state index is 12.3. The summed E-state index contributed by atoms with van der Waals surface area (Å²) in [6.45, 7) is 5.05. The lowest BCUT2D eigenvalue weighted by molar-refractivity contribution is -0.132. The van der Waals surface area contributed by atoms with Gasteiger partial charge in [0.15, 0.2) is 11.6 Å². The molecule has 0 unspecified atom stereocenters. The highest BCUT2D eigenvalue weighted by Crippen LogP contribution is 2.13. The van der Waals surface area contributed by atoms with E-state index in [-0.39, 0.29) is 11.8 Å². The van der Waals surface area contributed by atoms with Crippen LogP contribution in [-0.2, 0) is 17.8 Å². The molecule has 0 atom stereocenters. The number of likely N-dealkylation sites (tertiary alicyclic amines) is 1.